The van der Waals surface area contributed by atoms with E-state index in [0.717, 1.165) is 5.69 Å². The summed E-state index contributed by atoms with van der Waals surface area (Å²) in [6, 6.07) is 5.03. The van der Waals surface area contributed by atoms with Gasteiger partial charge in [0, 0.05) is 64.8 Å². The Morgan fingerprint density at radius 3 is 2.22 bits per heavy atom. The smallest absolute Gasteiger partial charge is 0.313 e. The lowest BCUT2D eigenvalue weighted by atomic mass is 10.1. The second-order valence-electron chi connectivity index (χ2n) is 8.82. The molecule has 1 aromatic heterocycles. The van der Waals surface area contributed by atoms with Crippen molar-refractivity contribution in [1.29, 1.82) is 5.41 Å². The topological polar surface area (TPSA) is 132 Å². The van der Waals surface area contributed by atoms with Gasteiger partial charge in [-0.2, -0.15) is 0 Å². The molecule has 3 heterocycles. The number of carbonyl (C=O) groups excluding carboxylic acids is 2. The van der Waals surface area contributed by atoms with Crippen molar-refractivity contribution in [2.45, 2.75) is 20.0 Å². The molecule has 2 aromatic rings. The summed E-state index contributed by atoms with van der Waals surface area (Å²) in [5.74, 6) is -0.625. The predicted octanol–water partition coefficient (Wildman–Crippen LogP) is 0.980. The highest BCUT2D eigenvalue weighted by atomic mass is 19.1. The molecule has 2 aliphatic rings. The third-order valence-electron chi connectivity index (χ3n) is 6.40. The number of nitrogens with two attached hydrogens (primary N) is 1. The maximum atomic E-state index is 15.1. The van der Waals surface area contributed by atoms with Crippen LogP contribution in [0.1, 0.15) is 18.9 Å². The first-order valence-corrected chi connectivity index (χ1v) is 11.9. The van der Waals surface area contributed by atoms with Crippen LogP contribution in [0, 0.1) is 11.2 Å². The van der Waals surface area contributed by atoms with Crippen LogP contribution >= 0.6 is 0 Å². The summed E-state index contributed by atoms with van der Waals surface area (Å²) < 4.78 is 20.2. The third-order valence-corrected chi connectivity index (χ3v) is 6.40. The van der Waals surface area contributed by atoms with Crippen LogP contribution in [0.25, 0.3) is 0 Å². The van der Waals surface area contributed by atoms with Gasteiger partial charge in [-0.25, -0.2) is 14.4 Å². The molecule has 4 rings (SSSR count). The Morgan fingerprint density at radius 2 is 1.61 bits per heavy atom. The number of rotatable bonds is 7. The summed E-state index contributed by atoms with van der Waals surface area (Å²) in [6.45, 7) is 6.70. The number of piperazine rings is 2. The number of nitrogens with zero attached hydrogens (tertiary/aromatic N) is 6. The van der Waals surface area contributed by atoms with Crippen LogP contribution in [0.5, 0.6) is 0 Å². The molecule has 3 N–H and O–H groups in total. The molecule has 1 amide bonds. The van der Waals surface area contributed by atoms with Crippen LogP contribution in [-0.4, -0.2) is 84.9 Å². The lowest BCUT2D eigenvalue weighted by Gasteiger charge is -2.37. The van der Waals surface area contributed by atoms with Gasteiger partial charge in [-0.05, 0) is 6.07 Å². The molecule has 0 unspecified atom stereocenters. The number of nitrogens with one attached hydrogen (secondary N) is 1. The Kier molecular flexibility index (Phi) is 7.81. The van der Waals surface area contributed by atoms with Crippen LogP contribution in [-0.2, 0) is 20.9 Å². The molecule has 12 heteroatoms. The first-order chi connectivity index (χ1) is 17.3. The lowest BCUT2D eigenvalue weighted by Crippen LogP contribution is -2.48. The Labute approximate surface area is 209 Å². The summed E-state index contributed by atoms with van der Waals surface area (Å²) >= 11 is 0. The number of aromatic nitrogens is 2. The number of amidine groups is 1. The molecule has 192 valence electrons. The molecule has 2 saturated heterocycles. The van der Waals surface area contributed by atoms with E-state index in [1.54, 1.807) is 25.1 Å². The van der Waals surface area contributed by atoms with Crippen molar-refractivity contribution in [3.63, 3.8) is 0 Å². The fraction of sp³-hybridized carbons (Fsp3) is 0.458. The molecule has 0 spiro atoms. The van der Waals surface area contributed by atoms with E-state index in [0.29, 0.717) is 64.0 Å². The van der Waals surface area contributed by atoms with Crippen molar-refractivity contribution >= 4 is 35.0 Å². The molecule has 0 saturated carbocycles. The average molecular weight is 499 g/mol. The van der Waals surface area contributed by atoms with E-state index >= 15 is 4.39 Å². The number of amides is 1. The van der Waals surface area contributed by atoms with Gasteiger partial charge in [-0.15, -0.1) is 0 Å². The van der Waals surface area contributed by atoms with Crippen molar-refractivity contribution in [3.8, 4) is 0 Å². The quantitative estimate of drug-likeness (QED) is 0.326. The van der Waals surface area contributed by atoms with Gasteiger partial charge in [0.15, 0.2) is 5.82 Å². The van der Waals surface area contributed by atoms with E-state index in [9.17, 15) is 9.59 Å². The Morgan fingerprint density at radius 1 is 1.00 bits per heavy atom. The number of hydrogen-bond donors (Lipinski definition) is 2. The van der Waals surface area contributed by atoms with Gasteiger partial charge in [0.1, 0.15) is 18.9 Å². The van der Waals surface area contributed by atoms with Crippen LogP contribution < -0.4 is 20.4 Å². The molecule has 36 heavy (non-hydrogen) atoms. The Hall–Kier alpha value is -3.96. The molecule has 0 atom stereocenters. The van der Waals surface area contributed by atoms with E-state index in [-0.39, 0.29) is 30.3 Å². The van der Waals surface area contributed by atoms with E-state index in [1.165, 1.54) is 0 Å². The molecule has 11 nitrogen and oxygen atoms in total. The Balaban J connectivity index is 1.31. The third kappa shape index (κ3) is 5.99. The number of hydrogen-bond acceptors (Lipinski definition) is 9. The number of ether oxygens (including phenoxy) is 1. The Bertz CT molecular complexity index is 1100. The molecule has 2 fully saturated rings. The predicted molar refractivity (Wildman–Crippen MR) is 134 cm³/mol. The SMILES string of the molecule is CC(=O)N1CCN(c2ncc(N3CCN(c4cccc(COC(=O)CC(=N)N)c4F)CC3)cn2)CC1. The second kappa shape index (κ2) is 11.2. The van der Waals surface area contributed by atoms with Gasteiger partial charge >= 0.3 is 5.97 Å². The highest BCUT2D eigenvalue weighted by Gasteiger charge is 2.23. The highest BCUT2D eigenvalue weighted by Crippen LogP contribution is 2.26. The van der Waals surface area contributed by atoms with E-state index in [1.807, 2.05) is 22.2 Å². The lowest BCUT2D eigenvalue weighted by molar-refractivity contribution is -0.143. The molecule has 1 aromatic carbocycles. The first-order valence-electron chi connectivity index (χ1n) is 11.9. The van der Waals surface area contributed by atoms with Gasteiger partial charge in [-0.1, -0.05) is 12.1 Å². The van der Waals surface area contributed by atoms with Crippen molar-refractivity contribution < 1.29 is 18.7 Å². The van der Waals surface area contributed by atoms with Crippen molar-refractivity contribution in [2.75, 3.05) is 67.1 Å². The zero-order valence-electron chi connectivity index (χ0n) is 20.3. The van der Waals surface area contributed by atoms with Crippen LogP contribution in [0.4, 0.5) is 21.7 Å². The molecule has 2 aliphatic heterocycles. The molecule has 0 bridgehead atoms. The van der Waals surface area contributed by atoms with Gasteiger partial charge in [0.25, 0.3) is 0 Å². The normalized spacial score (nSPS) is 16.2. The standard InChI is InChI=1S/C24H31FN8O3/c1-17(34)30-5-11-33(12-6-30)24-28-14-19(15-29-24)31-7-9-32(10-8-31)20-4-2-3-18(23(20)25)16-36-22(35)13-21(26)27/h2-4,14-15H,5-13,16H2,1H3,(H3,26,27). The van der Waals surface area contributed by atoms with Crippen LogP contribution in [0.2, 0.25) is 0 Å². The summed E-state index contributed by atoms with van der Waals surface area (Å²) in [6.07, 6.45) is 3.31. The van der Waals surface area contributed by atoms with Gasteiger partial charge < -0.3 is 30.1 Å². The highest BCUT2D eigenvalue weighted by molar-refractivity contribution is 5.94. The minimum Gasteiger partial charge on any atom is -0.460 e. The zero-order valence-corrected chi connectivity index (χ0v) is 20.3. The molecule has 0 radical (unpaired) electrons. The van der Waals surface area contributed by atoms with E-state index in [2.05, 4.69) is 19.8 Å². The number of halogens is 1. The maximum Gasteiger partial charge on any atom is 0.313 e. The minimum absolute atomic E-state index is 0.0877. The van der Waals surface area contributed by atoms with Crippen LogP contribution in [0.15, 0.2) is 30.6 Å². The summed E-state index contributed by atoms with van der Waals surface area (Å²) in [4.78, 5) is 40.3. The summed E-state index contributed by atoms with van der Waals surface area (Å²) in [7, 11) is 0. The number of benzene rings is 1. The fourth-order valence-electron chi connectivity index (χ4n) is 4.35. The number of anilines is 3. The summed E-state index contributed by atoms with van der Waals surface area (Å²) in [5.41, 5.74) is 6.85. The van der Waals surface area contributed by atoms with Crippen LogP contribution in [0.3, 0.4) is 0 Å². The van der Waals surface area contributed by atoms with Crippen molar-refractivity contribution in [2.24, 2.45) is 5.73 Å². The molecular formula is C24H31FN8O3. The largest absolute Gasteiger partial charge is 0.460 e. The molecule has 0 aliphatic carbocycles. The monoisotopic (exact) mass is 498 g/mol. The summed E-state index contributed by atoms with van der Waals surface area (Å²) in [5, 5.41) is 7.14. The minimum atomic E-state index is -0.660. The van der Waals surface area contributed by atoms with Gasteiger partial charge in [-0.3, -0.25) is 15.0 Å². The van der Waals surface area contributed by atoms with Gasteiger partial charge in [0.2, 0.25) is 11.9 Å². The average Bonchev–Trinajstić information content (AvgIpc) is 2.88. The molecular weight excluding hydrogens is 467 g/mol. The number of carbonyl (C=O) groups is 2. The van der Waals surface area contributed by atoms with Crippen molar-refractivity contribution in [3.05, 3.63) is 42.0 Å². The van der Waals surface area contributed by atoms with E-state index in [4.69, 9.17) is 15.9 Å². The number of esters is 1. The van der Waals surface area contributed by atoms with E-state index < -0.39 is 11.8 Å². The first kappa shape index (κ1) is 25.1. The zero-order chi connectivity index (χ0) is 25.7. The fourth-order valence-corrected chi connectivity index (χ4v) is 4.35. The van der Waals surface area contributed by atoms with Gasteiger partial charge in [0.05, 0.1) is 23.8 Å². The maximum absolute atomic E-state index is 15.1. The second-order valence-corrected chi connectivity index (χ2v) is 8.82. The van der Waals surface area contributed by atoms with Crippen molar-refractivity contribution in [1.82, 2.24) is 14.9 Å².